The molecule has 0 radical (unpaired) electrons. The molecule has 0 heteroatoms. The summed E-state index contributed by atoms with van der Waals surface area (Å²) in [6, 6.07) is 0. The molecule has 0 rings (SSSR count). The molecule has 0 spiro atoms. The summed E-state index contributed by atoms with van der Waals surface area (Å²) in [6.07, 6.45) is 32.3. The third-order valence-corrected chi connectivity index (χ3v) is 6.15. The van der Waals surface area contributed by atoms with Gasteiger partial charge in [-0.25, -0.2) is 0 Å². The van der Waals surface area contributed by atoms with E-state index in [0.29, 0.717) is 0 Å². The maximum Gasteiger partial charge on any atom is -0.0414 e. The fourth-order valence-corrected chi connectivity index (χ4v) is 4.24. The average Bonchev–Trinajstić information content (AvgIpc) is 2.66. The van der Waals surface area contributed by atoms with Crippen LogP contribution in [0.1, 0.15) is 162 Å². The molecule has 158 valence electrons. The summed E-state index contributed by atoms with van der Waals surface area (Å²) < 4.78 is 0. The molecule has 0 aliphatic rings. The number of rotatable bonds is 22. The van der Waals surface area contributed by atoms with Gasteiger partial charge in [-0.05, 0) is 5.92 Å². The summed E-state index contributed by atoms with van der Waals surface area (Å²) in [5.41, 5.74) is 0. The van der Waals surface area contributed by atoms with E-state index in [0.717, 1.165) is 5.92 Å². The molecule has 0 aromatic carbocycles. The lowest BCUT2D eigenvalue weighted by Crippen LogP contribution is -2.01. The van der Waals surface area contributed by atoms with Gasteiger partial charge in [0.15, 0.2) is 0 Å². The highest BCUT2D eigenvalue weighted by Gasteiger charge is 2.08. The van der Waals surface area contributed by atoms with Gasteiger partial charge in [0.05, 0.1) is 0 Å². The summed E-state index contributed by atoms with van der Waals surface area (Å²) in [5.74, 6) is 1.04. The monoisotopic (exact) mass is 366 g/mol. The second-order valence-electron chi connectivity index (χ2n) is 8.89. The van der Waals surface area contributed by atoms with Crippen molar-refractivity contribution < 1.29 is 0 Å². The molecule has 1 atom stereocenters. The van der Waals surface area contributed by atoms with Crippen LogP contribution in [0.2, 0.25) is 0 Å². The van der Waals surface area contributed by atoms with Crippen LogP contribution in [-0.2, 0) is 0 Å². The number of hydrogen-bond acceptors (Lipinski definition) is 0. The molecule has 1 unspecified atom stereocenters. The standard InChI is InChI=1S/C26H54/c1-4-7-10-12-13-14-15-16-17-18-20-22-25-26(23-9-6-3)24-21-19-11-8-5-2/h26H,4-25H2,1-3H3. The van der Waals surface area contributed by atoms with Gasteiger partial charge >= 0.3 is 0 Å². The van der Waals surface area contributed by atoms with Gasteiger partial charge in [-0.1, -0.05) is 162 Å². The van der Waals surface area contributed by atoms with Crippen molar-refractivity contribution >= 4 is 0 Å². The van der Waals surface area contributed by atoms with Crippen LogP contribution in [0.25, 0.3) is 0 Å². The van der Waals surface area contributed by atoms with E-state index in [2.05, 4.69) is 20.8 Å². The highest BCUT2D eigenvalue weighted by Crippen LogP contribution is 2.24. The number of unbranched alkanes of at least 4 members (excludes halogenated alkanes) is 16. The Bertz CT molecular complexity index is 232. The molecule has 0 aromatic heterocycles. The lowest BCUT2D eigenvalue weighted by atomic mass is 9.90. The van der Waals surface area contributed by atoms with Crippen LogP contribution >= 0.6 is 0 Å². The molecule has 0 amide bonds. The zero-order valence-corrected chi connectivity index (χ0v) is 19.1. The maximum atomic E-state index is 2.35. The maximum absolute atomic E-state index is 2.35. The lowest BCUT2D eigenvalue weighted by molar-refractivity contribution is 0.371. The fourth-order valence-electron chi connectivity index (χ4n) is 4.24. The minimum absolute atomic E-state index is 1.04. The van der Waals surface area contributed by atoms with Crippen molar-refractivity contribution in [1.29, 1.82) is 0 Å². The largest absolute Gasteiger partial charge is 0.0654 e. The highest BCUT2D eigenvalue weighted by atomic mass is 14.1. The Morgan fingerprint density at radius 1 is 0.308 bits per heavy atom. The normalized spacial score (nSPS) is 12.6. The first-order valence-electron chi connectivity index (χ1n) is 12.8. The molecule has 0 nitrogen and oxygen atoms in total. The van der Waals surface area contributed by atoms with Crippen LogP contribution < -0.4 is 0 Å². The summed E-state index contributed by atoms with van der Waals surface area (Å²) in [6.45, 7) is 6.97. The summed E-state index contributed by atoms with van der Waals surface area (Å²) in [5, 5.41) is 0. The lowest BCUT2D eigenvalue weighted by Gasteiger charge is -2.16. The first-order chi connectivity index (χ1) is 12.8. The summed E-state index contributed by atoms with van der Waals surface area (Å²) >= 11 is 0. The fraction of sp³-hybridized carbons (Fsp3) is 1.00. The molecule has 0 aromatic rings. The zero-order chi connectivity index (χ0) is 19.1. The first-order valence-corrected chi connectivity index (χ1v) is 12.8. The Kier molecular flexibility index (Phi) is 23.0. The van der Waals surface area contributed by atoms with Crippen molar-refractivity contribution in [3.63, 3.8) is 0 Å². The second-order valence-corrected chi connectivity index (χ2v) is 8.89. The van der Waals surface area contributed by atoms with Crippen LogP contribution in [0.4, 0.5) is 0 Å². The molecule has 0 fully saturated rings. The smallest absolute Gasteiger partial charge is 0.0414 e. The summed E-state index contributed by atoms with van der Waals surface area (Å²) in [7, 11) is 0. The molecular weight excluding hydrogens is 312 g/mol. The predicted molar refractivity (Wildman–Crippen MR) is 122 cm³/mol. The Hall–Kier alpha value is 0. The highest BCUT2D eigenvalue weighted by molar-refractivity contribution is 4.61. The van der Waals surface area contributed by atoms with Crippen molar-refractivity contribution in [1.82, 2.24) is 0 Å². The van der Waals surface area contributed by atoms with Gasteiger partial charge in [0.1, 0.15) is 0 Å². The predicted octanol–water partition coefficient (Wildman–Crippen LogP) is 10.2. The van der Waals surface area contributed by atoms with E-state index in [4.69, 9.17) is 0 Å². The van der Waals surface area contributed by atoms with E-state index >= 15 is 0 Å². The second kappa shape index (κ2) is 23.0. The minimum atomic E-state index is 1.04. The Labute approximate surface area is 168 Å². The van der Waals surface area contributed by atoms with Crippen LogP contribution in [0.5, 0.6) is 0 Å². The quantitative estimate of drug-likeness (QED) is 0.167. The molecule has 0 aliphatic heterocycles. The number of hydrogen-bond donors (Lipinski definition) is 0. The molecule has 0 N–H and O–H groups in total. The van der Waals surface area contributed by atoms with Gasteiger partial charge in [0.2, 0.25) is 0 Å². The van der Waals surface area contributed by atoms with Gasteiger partial charge in [0, 0.05) is 0 Å². The van der Waals surface area contributed by atoms with Gasteiger partial charge in [-0.3, -0.25) is 0 Å². The van der Waals surface area contributed by atoms with E-state index in [1.165, 1.54) is 141 Å². The van der Waals surface area contributed by atoms with Crippen LogP contribution in [-0.4, -0.2) is 0 Å². The Morgan fingerprint density at radius 2 is 0.577 bits per heavy atom. The Balaban J connectivity index is 3.45. The van der Waals surface area contributed by atoms with Crippen LogP contribution in [0, 0.1) is 5.92 Å². The molecule has 0 bridgehead atoms. The van der Waals surface area contributed by atoms with E-state index < -0.39 is 0 Å². The topological polar surface area (TPSA) is 0 Å². The van der Waals surface area contributed by atoms with Gasteiger partial charge < -0.3 is 0 Å². The van der Waals surface area contributed by atoms with E-state index in [9.17, 15) is 0 Å². The third kappa shape index (κ3) is 20.3. The zero-order valence-electron chi connectivity index (χ0n) is 19.1. The molecule has 0 heterocycles. The third-order valence-electron chi connectivity index (χ3n) is 6.15. The van der Waals surface area contributed by atoms with Gasteiger partial charge in [0.25, 0.3) is 0 Å². The van der Waals surface area contributed by atoms with Crippen molar-refractivity contribution in [2.75, 3.05) is 0 Å². The van der Waals surface area contributed by atoms with E-state index in [1.54, 1.807) is 0 Å². The van der Waals surface area contributed by atoms with Crippen molar-refractivity contribution in [3.05, 3.63) is 0 Å². The molecule has 0 aliphatic carbocycles. The van der Waals surface area contributed by atoms with Crippen LogP contribution in [0.3, 0.4) is 0 Å². The van der Waals surface area contributed by atoms with E-state index in [1.807, 2.05) is 0 Å². The molecule has 0 saturated heterocycles. The van der Waals surface area contributed by atoms with E-state index in [-0.39, 0.29) is 0 Å². The summed E-state index contributed by atoms with van der Waals surface area (Å²) in [4.78, 5) is 0. The molecular formula is C26H54. The minimum Gasteiger partial charge on any atom is -0.0654 e. The Morgan fingerprint density at radius 3 is 0.923 bits per heavy atom. The first kappa shape index (κ1) is 26.0. The molecule has 26 heavy (non-hydrogen) atoms. The van der Waals surface area contributed by atoms with Crippen LogP contribution in [0.15, 0.2) is 0 Å². The SMILES string of the molecule is CCCCCCCCCCCCCCC(CCCC)CCCCCCC. The average molecular weight is 367 g/mol. The van der Waals surface area contributed by atoms with Gasteiger partial charge in [-0.2, -0.15) is 0 Å². The van der Waals surface area contributed by atoms with Gasteiger partial charge in [-0.15, -0.1) is 0 Å². The van der Waals surface area contributed by atoms with Crippen molar-refractivity contribution in [2.45, 2.75) is 162 Å². The molecule has 0 saturated carbocycles. The van der Waals surface area contributed by atoms with Crippen molar-refractivity contribution in [2.24, 2.45) is 5.92 Å². The van der Waals surface area contributed by atoms with Crippen molar-refractivity contribution in [3.8, 4) is 0 Å².